The van der Waals surface area contributed by atoms with Crippen molar-refractivity contribution in [3.05, 3.63) is 29.3 Å². The van der Waals surface area contributed by atoms with Gasteiger partial charge in [-0.3, -0.25) is 14.4 Å². The number of aryl methyl sites for hydroxylation is 2. The summed E-state index contributed by atoms with van der Waals surface area (Å²) in [6.45, 7) is 3.23. The molecule has 0 saturated heterocycles. The van der Waals surface area contributed by atoms with E-state index in [2.05, 4.69) is 10.3 Å². The Labute approximate surface area is 105 Å². The van der Waals surface area contributed by atoms with Crippen molar-refractivity contribution >= 4 is 11.8 Å². The molecule has 0 saturated carbocycles. The highest BCUT2D eigenvalue weighted by molar-refractivity contribution is 5.77. The minimum atomic E-state index is -0.661. The molecular formula is C12H16N2O4. The largest absolute Gasteiger partial charge is 0.483 e. The first-order chi connectivity index (χ1) is 8.50. The average Bonchev–Trinajstić information content (AvgIpc) is 2.27. The molecule has 98 valence electrons. The van der Waals surface area contributed by atoms with Gasteiger partial charge in [0, 0.05) is 0 Å². The highest BCUT2D eigenvalue weighted by atomic mass is 16.7. The molecule has 6 heteroatoms. The number of benzene rings is 1. The number of carbonyl (C=O) groups is 2. The average molecular weight is 252 g/mol. The van der Waals surface area contributed by atoms with Crippen LogP contribution in [0.3, 0.4) is 0 Å². The van der Waals surface area contributed by atoms with Gasteiger partial charge in [0.05, 0.1) is 0 Å². The molecule has 6 nitrogen and oxygen atoms in total. The molecule has 3 N–H and O–H groups in total. The molecule has 0 aliphatic carbocycles. The highest BCUT2D eigenvalue weighted by Gasteiger charge is 2.07. The third kappa shape index (κ3) is 4.42. The molecule has 1 aromatic carbocycles. The Morgan fingerprint density at radius 2 is 1.83 bits per heavy atom. The van der Waals surface area contributed by atoms with E-state index in [0.717, 1.165) is 11.1 Å². The summed E-state index contributed by atoms with van der Waals surface area (Å²) in [6, 6.07) is 5.70. The lowest BCUT2D eigenvalue weighted by Gasteiger charge is -2.11. The second-order valence-corrected chi connectivity index (χ2v) is 3.79. The zero-order valence-electron chi connectivity index (χ0n) is 10.4. The van der Waals surface area contributed by atoms with Crippen LogP contribution in [0.4, 0.5) is 0 Å². The number of hydrogen-bond donors (Lipinski definition) is 2. The molecule has 1 aromatic rings. The van der Waals surface area contributed by atoms with E-state index < -0.39 is 11.8 Å². The van der Waals surface area contributed by atoms with Crippen molar-refractivity contribution in [2.45, 2.75) is 13.8 Å². The van der Waals surface area contributed by atoms with E-state index in [1.807, 2.05) is 32.0 Å². The quantitative estimate of drug-likeness (QED) is 0.708. The van der Waals surface area contributed by atoms with Gasteiger partial charge in [0.25, 0.3) is 5.91 Å². The Morgan fingerprint density at radius 3 is 2.39 bits per heavy atom. The van der Waals surface area contributed by atoms with Gasteiger partial charge >= 0.3 is 0 Å². The number of carbonyl (C=O) groups excluding carboxylic acids is 2. The summed E-state index contributed by atoms with van der Waals surface area (Å²) in [4.78, 5) is 26.2. The van der Waals surface area contributed by atoms with Crippen LogP contribution in [-0.2, 0) is 14.4 Å². The standard InChI is InChI=1S/C12H16N2O4/c1-8-4-3-5-9(2)12(8)17-7-11(16)14-18-6-10(13)15/h3-5H,6-7H2,1-2H3,(H2,13,15)(H,14,16). The van der Waals surface area contributed by atoms with E-state index in [9.17, 15) is 9.59 Å². The van der Waals surface area contributed by atoms with Crippen molar-refractivity contribution in [2.75, 3.05) is 13.2 Å². The number of hydrogen-bond acceptors (Lipinski definition) is 4. The smallest absolute Gasteiger partial charge is 0.281 e. The van der Waals surface area contributed by atoms with Crippen molar-refractivity contribution in [3.63, 3.8) is 0 Å². The Morgan fingerprint density at radius 1 is 1.22 bits per heavy atom. The van der Waals surface area contributed by atoms with Gasteiger partial charge in [0.15, 0.2) is 13.2 Å². The molecule has 0 spiro atoms. The van der Waals surface area contributed by atoms with Crippen molar-refractivity contribution in [1.82, 2.24) is 5.48 Å². The molecule has 0 heterocycles. The summed E-state index contributed by atoms with van der Waals surface area (Å²) in [5, 5.41) is 0. The van der Waals surface area contributed by atoms with Gasteiger partial charge < -0.3 is 10.5 Å². The maximum absolute atomic E-state index is 11.3. The molecule has 1 rings (SSSR count). The minimum Gasteiger partial charge on any atom is -0.483 e. The monoisotopic (exact) mass is 252 g/mol. The van der Waals surface area contributed by atoms with Crippen LogP contribution in [-0.4, -0.2) is 25.0 Å². The number of hydroxylamine groups is 1. The lowest BCUT2D eigenvalue weighted by molar-refractivity contribution is -0.139. The first kappa shape index (κ1) is 14.0. The van der Waals surface area contributed by atoms with E-state index in [1.165, 1.54) is 0 Å². The molecular weight excluding hydrogens is 236 g/mol. The fourth-order valence-corrected chi connectivity index (χ4v) is 1.38. The van der Waals surface area contributed by atoms with Gasteiger partial charge in [-0.1, -0.05) is 18.2 Å². The van der Waals surface area contributed by atoms with Crippen LogP contribution in [0.2, 0.25) is 0 Å². The predicted molar refractivity (Wildman–Crippen MR) is 64.7 cm³/mol. The van der Waals surface area contributed by atoms with Gasteiger partial charge in [-0.15, -0.1) is 0 Å². The van der Waals surface area contributed by atoms with Crippen LogP contribution in [0, 0.1) is 13.8 Å². The molecule has 0 atom stereocenters. The summed E-state index contributed by atoms with van der Waals surface area (Å²) < 4.78 is 5.38. The molecule has 0 aliphatic rings. The van der Waals surface area contributed by atoms with Crippen LogP contribution in [0.1, 0.15) is 11.1 Å². The maximum Gasteiger partial charge on any atom is 0.281 e. The second-order valence-electron chi connectivity index (χ2n) is 3.79. The topological polar surface area (TPSA) is 90.7 Å². The van der Waals surface area contributed by atoms with E-state index in [1.54, 1.807) is 0 Å². The molecule has 0 unspecified atom stereocenters. The summed E-state index contributed by atoms with van der Waals surface area (Å²) in [5.41, 5.74) is 8.79. The third-order valence-electron chi connectivity index (χ3n) is 2.16. The van der Waals surface area contributed by atoms with Crippen LogP contribution in [0.25, 0.3) is 0 Å². The van der Waals surface area contributed by atoms with Gasteiger partial charge in [-0.05, 0) is 25.0 Å². The van der Waals surface area contributed by atoms with Crippen LogP contribution in [0.5, 0.6) is 5.75 Å². The van der Waals surface area contributed by atoms with E-state index in [4.69, 9.17) is 10.5 Å². The van der Waals surface area contributed by atoms with Gasteiger partial charge in [0.1, 0.15) is 5.75 Å². The van der Waals surface area contributed by atoms with Crippen LogP contribution >= 0.6 is 0 Å². The number of ether oxygens (including phenoxy) is 1. The van der Waals surface area contributed by atoms with Crippen molar-refractivity contribution in [1.29, 1.82) is 0 Å². The molecule has 0 bridgehead atoms. The fourth-order valence-electron chi connectivity index (χ4n) is 1.38. The number of nitrogens with one attached hydrogen (secondary N) is 1. The Balaban J connectivity index is 2.40. The first-order valence-corrected chi connectivity index (χ1v) is 5.38. The zero-order valence-corrected chi connectivity index (χ0v) is 10.4. The normalized spacial score (nSPS) is 9.89. The maximum atomic E-state index is 11.3. The minimum absolute atomic E-state index is 0.190. The Bertz CT molecular complexity index is 425. The van der Waals surface area contributed by atoms with E-state index in [-0.39, 0.29) is 13.2 Å². The van der Waals surface area contributed by atoms with Crippen molar-refractivity contribution in [3.8, 4) is 5.75 Å². The van der Waals surface area contributed by atoms with Gasteiger partial charge in [-0.25, -0.2) is 5.48 Å². The Kier molecular flexibility index (Phi) is 5.13. The van der Waals surface area contributed by atoms with Gasteiger partial charge in [0.2, 0.25) is 5.91 Å². The van der Waals surface area contributed by atoms with Crippen LogP contribution in [0.15, 0.2) is 18.2 Å². The lowest BCUT2D eigenvalue weighted by Crippen LogP contribution is -2.32. The molecule has 0 aromatic heterocycles. The number of para-hydroxylation sites is 1. The molecule has 0 radical (unpaired) electrons. The van der Waals surface area contributed by atoms with Crippen molar-refractivity contribution < 1.29 is 19.2 Å². The number of primary amides is 1. The van der Waals surface area contributed by atoms with E-state index in [0.29, 0.717) is 5.75 Å². The molecule has 0 fully saturated rings. The molecule has 0 aliphatic heterocycles. The zero-order chi connectivity index (χ0) is 13.5. The highest BCUT2D eigenvalue weighted by Crippen LogP contribution is 2.21. The molecule has 2 amide bonds. The van der Waals surface area contributed by atoms with Crippen molar-refractivity contribution in [2.24, 2.45) is 5.73 Å². The lowest BCUT2D eigenvalue weighted by atomic mass is 10.1. The van der Waals surface area contributed by atoms with E-state index >= 15 is 0 Å². The SMILES string of the molecule is Cc1cccc(C)c1OCC(=O)NOCC(N)=O. The number of amides is 2. The van der Waals surface area contributed by atoms with Gasteiger partial charge in [-0.2, -0.15) is 0 Å². The predicted octanol–water partition coefficient (Wildman–Crippen LogP) is 0.215. The number of nitrogens with two attached hydrogens (primary N) is 1. The summed E-state index contributed by atoms with van der Waals surface area (Å²) >= 11 is 0. The first-order valence-electron chi connectivity index (χ1n) is 5.38. The fraction of sp³-hybridized carbons (Fsp3) is 0.333. The summed E-state index contributed by atoms with van der Waals surface area (Å²) in [7, 11) is 0. The summed E-state index contributed by atoms with van der Waals surface area (Å²) in [6.07, 6.45) is 0. The second kappa shape index (κ2) is 6.61. The number of rotatable bonds is 6. The Hall–Kier alpha value is -2.08. The molecule has 18 heavy (non-hydrogen) atoms. The third-order valence-corrected chi connectivity index (χ3v) is 2.16. The van der Waals surface area contributed by atoms with Crippen LogP contribution < -0.4 is 16.0 Å². The summed E-state index contributed by atoms with van der Waals surface area (Å²) in [5.74, 6) is -0.479.